The standard InChI is InChI=1S/C21H21N3O3/c1-13-3-5-16(10-17(13)21-24-14(2)12-27-21)23-11-15-4-6-19-18(9-15)20(25)22-7-8-26-19/h3-6,9-10,12,23H,7-8,11H2,1-2H3,(H,22,25). The number of carbonyl (C=O) groups excluding carboxylic acids is 1. The lowest BCUT2D eigenvalue weighted by Crippen LogP contribution is -2.24. The number of fused-ring (bicyclic) bond motifs is 1. The molecule has 0 saturated carbocycles. The summed E-state index contributed by atoms with van der Waals surface area (Å²) in [5.41, 5.74) is 5.45. The molecule has 0 unspecified atom stereocenters. The van der Waals surface area contributed by atoms with Crippen molar-refractivity contribution in [3.05, 3.63) is 65.0 Å². The predicted molar refractivity (Wildman–Crippen MR) is 103 cm³/mol. The van der Waals surface area contributed by atoms with Gasteiger partial charge in [-0.2, -0.15) is 0 Å². The Kier molecular flexibility index (Phi) is 4.54. The van der Waals surface area contributed by atoms with Crippen molar-refractivity contribution >= 4 is 11.6 Å². The molecule has 138 valence electrons. The molecule has 0 atom stereocenters. The highest BCUT2D eigenvalue weighted by atomic mass is 16.5. The van der Waals surface area contributed by atoms with Gasteiger partial charge >= 0.3 is 0 Å². The van der Waals surface area contributed by atoms with Crippen molar-refractivity contribution in [2.75, 3.05) is 18.5 Å². The predicted octanol–water partition coefficient (Wildman–Crippen LogP) is 3.69. The molecule has 6 heteroatoms. The number of nitrogens with one attached hydrogen (secondary N) is 2. The van der Waals surface area contributed by atoms with Crippen LogP contribution in [-0.4, -0.2) is 24.0 Å². The molecule has 0 fully saturated rings. The zero-order valence-electron chi connectivity index (χ0n) is 15.3. The van der Waals surface area contributed by atoms with Crippen molar-refractivity contribution in [3.63, 3.8) is 0 Å². The number of oxazole rings is 1. The van der Waals surface area contributed by atoms with E-state index in [1.807, 2.05) is 50.2 Å². The first-order chi connectivity index (χ1) is 13.1. The largest absolute Gasteiger partial charge is 0.491 e. The minimum atomic E-state index is -0.0961. The van der Waals surface area contributed by atoms with E-state index in [-0.39, 0.29) is 5.91 Å². The summed E-state index contributed by atoms with van der Waals surface area (Å²) in [4.78, 5) is 16.6. The van der Waals surface area contributed by atoms with E-state index in [1.54, 1.807) is 6.26 Å². The fourth-order valence-electron chi connectivity index (χ4n) is 3.06. The number of hydrogen-bond acceptors (Lipinski definition) is 5. The number of carbonyl (C=O) groups is 1. The third-order valence-electron chi connectivity index (χ3n) is 4.52. The number of amides is 1. The molecule has 0 bridgehead atoms. The van der Waals surface area contributed by atoms with Crippen molar-refractivity contribution in [3.8, 4) is 17.2 Å². The Morgan fingerprint density at radius 2 is 2.04 bits per heavy atom. The molecule has 6 nitrogen and oxygen atoms in total. The summed E-state index contributed by atoms with van der Waals surface area (Å²) in [6, 6.07) is 11.8. The minimum absolute atomic E-state index is 0.0961. The topological polar surface area (TPSA) is 76.4 Å². The van der Waals surface area contributed by atoms with E-state index in [4.69, 9.17) is 9.15 Å². The van der Waals surface area contributed by atoms with Gasteiger partial charge in [-0.05, 0) is 49.2 Å². The van der Waals surface area contributed by atoms with Gasteiger partial charge < -0.3 is 19.8 Å². The minimum Gasteiger partial charge on any atom is -0.491 e. The molecule has 27 heavy (non-hydrogen) atoms. The zero-order valence-corrected chi connectivity index (χ0v) is 15.3. The van der Waals surface area contributed by atoms with E-state index < -0.39 is 0 Å². The highest BCUT2D eigenvalue weighted by Crippen LogP contribution is 2.27. The highest BCUT2D eigenvalue weighted by Gasteiger charge is 2.16. The second-order valence-corrected chi connectivity index (χ2v) is 6.61. The van der Waals surface area contributed by atoms with Gasteiger partial charge in [0.25, 0.3) is 5.91 Å². The van der Waals surface area contributed by atoms with E-state index >= 15 is 0 Å². The molecule has 2 aromatic carbocycles. The zero-order chi connectivity index (χ0) is 18.8. The van der Waals surface area contributed by atoms with E-state index in [0.29, 0.717) is 36.9 Å². The van der Waals surface area contributed by atoms with Crippen molar-refractivity contribution in [2.45, 2.75) is 20.4 Å². The SMILES string of the molecule is Cc1coc(-c2cc(NCc3ccc4c(c3)C(=O)NCCO4)ccc2C)n1. The Bertz CT molecular complexity index is 994. The lowest BCUT2D eigenvalue weighted by atomic mass is 10.1. The Balaban J connectivity index is 1.53. The van der Waals surface area contributed by atoms with Crippen molar-refractivity contribution in [1.29, 1.82) is 0 Å². The fraction of sp³-hybridized carbons (Fsp3) is 0.238. The Morgan fingerprint density at radius 1 is 1.15 bits per heavy atom. The molecule has 1 amide bonds. The van der Waals surface area contributed by atoms with Gasteiger partial charge in [0.2, 0.25) is 5.89 Å². The van der Waals surface area contributed by atoms with E-state index in [1.165, 1.54) is 0 Å². The molecule has 2 N–H and O–H groups in total. The lowest BCUT2D eigenvalue weighted by molar-refractivity contribution is 0.0957. The van der Waals surface area contributed by atoms with Crippen LogP contribution in [0.25, 0.3) is 11.5 Å². The molecule has 1 aliphatic rings. The van der Waals surface area contributed by atoms with Gasteiger partial charge in [-0.1, -0.05) is 12.1 Å². The van der Waals surface area contributed by atoms with Gasteiger partial charge in [0.1, 0.15) is 18.6 Å². The second-order valence-electron chi connectivity index (χ2n) is 6.61. The molecule has 0 aliphatic carbocycles. The third kappa shape index (κ3) is 3.65. The van der Waals surface area contributed by atoms with Crippen molar-refractivity contribution in [2.24, 2.45) is 0 Å². The number of aryl methyl sites for hydroxylation is 2. The molecule has 1 aromatic heterocycles. The number of ether oxygens (including phenoxy) is 1. The van der Waals surface area contributed by atoms with Crippen molar-refractivity contribution < 1.29 is 13.9 Å². The Labute approximate surface area is 157 Å². The molecular weight excluding hydrogens is 342 g/mol. The van der Waals surface area contributed by atoms with Crippen LogP contribution in [0.4, 0.5) is 5.69 Å². The van der Waals surface area contributed by atoms with E-state index in [9.17, 15) is 4.79 Å². The maximum absolute atomic E-state index is 12.1. The maximum atomic E-state index is 12.1. The number of anilines is 1. The van der Waals surface area contributed by atoms with Gasteiger partial charge in [0, 0.05) is 17.8 Å². The summed E-state index contributed by atoms with van der Waals surface area (Å²) in [7, 11) is 0. The van der Waals surface area contributed by atoms with E-state index in [2.05, 4.69) is 15.6 Å². The maximum Gasteiger partial charge on any atom is 0.255 e. The normalized spacial score (nSPS) is 13.3. The van der Waals surface area contributed by atoms with Gasteiger partial charge in [0.05, 0.1) is 17.8 Å². The first kappa shape index (κ1) is 17.1. The summed E-state index contributed by atoms with van der Waals surface area (Å²) in [5.74, 6) is 1.15. The van der Waals surface area contributed by atoms with Crippen LogP contribution in [0.15, 0.2) is 47.1 Å². The van der Waals surface area contributed by atoms with Gasteiger partial charge in [-0.25, -0.2) is 4.98 Å². The molecule has 4 rings (SSSR count). The van der Waals surface area contributed by atoms with Gasteiger partial charge in [-0.3, -0.25) is 4.79 Å². The van der Waals surface area contributed by atoms with Crippen molar-refractivity contribution in [1.82, 2.24) is 10.3 Å². The molecule has 0 saturated heterocycles. The first-order valence-corrected chi connectivity index (χ1v) is 8.91. The first-order valence-electron chi connectivity index (χ1n) is 8.91. The number of nitrogens with zero attached hydrogens (tertiary/aromatic N) is 1. The van der Waals surface area contributed by atoms with Crippen LogP contribution < -0.4 is 15.4 Å². The summed E-state index contributed by atoms with van der Waals surface area (Å²) in [6.07, 6.45) is 1.65. The smallest absolute Gasteiger partial charge is 0.255 e. The van der Waals surface area contributed by atoms with Gasteiger partial charge in [-0.15, -0.1) is 0 Å². The molecule has 0 radical (unpaired) electrons. The molecule has 3 aromatic rings. The summed E-state index contributed by atoms with van der Waals surface area (Å²) < 4.78 is 11.1. The van der Waals surface area contributed by atoms with Crippen LogP contribution in [-0.2, 0) is 6.54 Å². The fourth-order valence-corrected chi connectivity index (χ4v) is 3.06. The molecule has 2 heterocycles. The monoisotopic (exact) mass is 363 g/mol. The van der Waals surface area contributed by atoms with E-state index in [0.717, 1.165) is 28.1 Å². The second kappa shape index (κ2) is 7.15. The number of hydrogen-bond donors (Lipinski definition) is 2. The van der Waals surface area contributed by atoms with Crippen LogP contribution in [0.1, 0.15) is 27.2 Å². The van der Waals surface area contributed by atoms with Crippen LogP contribution in [0.5, 0.6) is 5.75 Å². The molecular formula is C21H21N3O3. The summed E-state index contributed by atoms with van der Waals surface area (Å²) >= 11 is 0. The Hall–Kier alpha value is -3.28. The van der Waals surface area contributed by atoms with Gasteiger partial charge in [0.15, 0.2) is 0 Å². The highest BCUT2D eigenvalue weighted by molar-refractivity contribution is 5.97. The molecule has 1 aliphatic heterocycles. The average Bonchev–Trinajstić information content (AvgIpc) is 3.02. The lowest BCUT2D eigenvalue weighted by Gasteiger charge is -2.11. The quantitative estimate of drug-likeness (QED) is 0.739. The summed E-state index contributed by atoms with van der Waals surface area (Å²) in [6.45, 7) is 5.54. The van der Waals surface area contributed by atoms with Crippen LogP contribution in [0.2, 0.25) is 0 Å². The Morgan fingerprint density at radius 3 is 2.85 bits per heavy atom. The van der Waals surface area contributed by atoms with Crippen LogP contribution in [0, 0.1) is 13.8 Å². The molecule has 0 spiro atoms. The number of rotatable bonds is 4. The number of benzene rings is 2. The third-order valence-corrected chi connectivity index (χ3v) is 4.52. The summed E-state index contributed by atoms with van der Waals surface area (Å²) in [5, 5.41) is 6.23. The van der Waals surface area contributed by atoms with Crippen LogP contribution in [0.3, 0.4) is 0 Å². The van der Waals surface area contributed by atoms with Crippen LogP contribution >= 0.6 is 0 Å². The average molecular weight is 363 g/mol. The number of aromatic nitrogens is 1.